The molecule has 0 radical (unpaired) electrons. The van der Waals surface area contributed by atoms with E-state index in [4.69, 9.17) is 9.47 Å². The number of carbonyl (C=O) groups is 1. The van der Waals surface area contributed by atoms with Crippen LogP contribution in [0.25, 0.3) is 10.2 Å². The first kappa shape index (κ1) is 21.4. The normalized spacial score (nSPS) is 13.0. The Hall–Kier alpha value is -3.46. The van der Waals surface area contributed by atoms with Crippen LogP contribution in [0, 0.1) is 6.92 Å². The van der Waals surface area contributed by atoms with Crippen molar-refractivity contribution >= 4 is 27.5 Å². The summed E-state index contributed by atoms with van der Waals surface area (Å²) in [5.74, 6) is 1.05. The molecule has 1 N–H and O–H groups in total. The smallest absolute Gasteiger partial charge is 0.416 e. The van der Waals surface area contributed by atoms with Gasteiger partial charge in [0.2, 0.25) is 6.79 Å². The number of nitrogens with one attached hydrogen (secondary N) is 1. The Balaban J connectivity index is 1.39. The predicted molar refractivity (Wildman–Crippen MR) is 119 cm³/mol. The van der Waals surface area contributed by atoms with Crippen LogP contribution in [0.5, 0.6) is 11.5 Å². The second-order valence-electron chi connectivity index (χ2n) is 7.79. The zero-order valence-electron chi connectivity index (χ0n) is 17.5. The number of rotatable bonds is 5. The number of fused-ring (bicyclic) bond motifs is 2. The van der Waals surface area contributed by atoms with Crippen molar-refractivity contribution in [3.05, 3.63) is 81.9 Å². The number of aromatic nitrogens is 1. The molecule has 0 bridgehead atoms. The van der Waals surface area contributed by atoms with Crippen molar-refractivity contribution in [2.75, 3.05) is 6.79 Å². The van der Waals surface area contributed by atoms with Crippen molar-refractivity contribution in [3.8, 4) is 11.5 Å². The number of halogens is 3. The third-order valence-corrected chi connectivity index (χ3v) is 6.44. The van der Waals surface area contributed by atoms with E-state index in [0.29, 0.717) is 29.3 Å². The van der Waals surface area contributed by atoms with E-state index in [2.05, 4.69) is 5.32 Å². The number of alkyl halides is 3. The third kappa shape index (κ3) is 4.28. The first-order chi connectivity index (χ1) is 15.8. The molecule has 33 heavy (non-hydrogen) atoms. The summed E-state index contributed by atoms with van der Waals surface area (Å²) < 4.78 is 52.2. The molecule has 1 amide bonds. The lowest BCUT2D eigenvalue weighted by Crippen LogP contribution is -2.25. The number of amides is 1. The Kier molecular flexibility index (Phi) is 5.28. The van der Waals surface area contributed by atoms with E-state index in [1.54, 1.807) is 17.4 Å². The topological polar surface area (TPSA) is 52.5 Å². The Bertz CT molecular complexity index is 1340. The molecule has 2 aromatic heterocycles. The average Bonchev–Trinajstić information content (AvgIpc) is 3.46. The van der Waals surface area contributed by atoms with Crippen LogP contribution in [0.1, 0.15) is 32.1 Å². The molecule has 0 spiro atoms. The maximum atomic E-state index is 13.1. The number of ether oxygens (including phenoxy) is 2. The minimum Gasteiger partial charge on any atom is -0.454 e. The van der Waals surface area contributed by atoms with Crippen LogP contribution in [0.4, 0.5) is 13.2 Å². The van der Waals surface area contributed by atoms with Gasteiger partial charge in [0, 0.05) is 18.0 Å². The standard InChI is InChI=1S/C24H19F3N2O3S/c1-14-8-18-22(33-14)10-19(29(18)12-15-2-5-17(6-3-15)24(25,26)27)23(30)28-11-16-4-7-20-21(9-16)32-13-31-20/h2-10H,11-13H2,1H3,(H,28,30). The number of carbonyl (C=O) groups excluding carboxylic acids is 1. The molecular weight excluding hydrogens is 453 g/mol. The summed E-state index contributed by atoms with van der Waals surface area (Å²) in [5.41, 5.74) is 2.18. The first-order valence-corrected chi connectivity index (χ1v) is 11.0. The maximum absolute atomic E-state index is 13.1. The SMILES string of the molecule is Cc1cc2c(cc(C(=O)NCc3ccc4c(c3)OCO4)n2Cc2ccc(C(F)(F)F)cc2)s1. The van der Waals surface area contributed by atoms with Gasteiger partial charge in [-0.2, -0.15) is 13.2 Å². The van der Waals surface area contributed by atoms with E-state index < -0.39 is 11.7 Å². The van der Waals surface area contributed by atoms with Gasteiger partial charge in [-0.25, -0.2) is 0 Å². The highest BCUT2D eigenvalue weighted by atomic mass is 32.1. The fourth-order valence-corrected chi connectivity index (χ4v) is 4.79. The van der Waals surface area contributed by atoms with Gasteiger partial charge in [0.15, 0.2) is 11.5 Å². The van der Waals surface area contributed by atoms with Crippen molar-refractivity contribution in [1.82, 2.24) is 9.88 Å². The number of nitrogens with zero attached hydrogens (tertiary/aromatic N) is 1. The van der Waals surface area contributed by atoms with Crippen LogP contribution in [0.3, 0.4) is 0 Å². The first-order valence-electron chi connectivity index (χ1n) is 10.2. The van der Waals surface area contributed by atoms with E-state index in [1.165, 1.54) is 12.1 Å². The summed E-state index contributed by atoms with van der Waals surface area (Å²) in [6.45, 7) is 2.74. The maximum Gasteiger partial charge on any atom is 0.416 e. The fourth-order valence-electron chi connectivity index (χ4n) is 3.83. The molecule has 9 heteroatoms. The lowest BCUT2D eigenvalue weighted by molar-refractivity contribution is -0.137. The largest absolute Gasteiger partial charge is 0.454 e. The van der Waals surface area contributed by atoms with E-state index in [0.717, 1.165) is 32.8 Å². The molecule has 0 fully saturated rings. The number of thiophene rings is 1. The Morgan fingerprint density at radius 3 is 2.52 bits per heavy atom. The van der Waals surface area contributed by atoms with Crippen LogP contribution in [0.15, 0.2) is 54.6 Å². The van der Waals surface area contributed by atoms with Gasteiger partial charge in [-0.15, -0.1) is 11.3 Å². The number of hydrogen-bond donors (Lipinski definition) is 1. The number of benzene rings is 2. The van der Waals surface area contributed by atoms with Crippen LogP contribution < -0.4 is 14.8 Å². The molecule has 5 rings (SSSR count). The van der Waals surface area contributed by atoms with Gasteiger partial charge < -0.3 is 19.4 Å². The van der Waals surface area contributed by atoms with Crippen molar-refractivity contribution < 1.29 is 27.4 Å². The number of hydrogen-bond acceptors (Lipinski definition) is 4. The molecule has 0 aliphatic carbocycles. The van der Waals surface area contributed by atoms with Crippen LogP contribution >= 0.6 is 11.3 Å². The van der Waals surface area contributed by atoms with Gasteiger partial charge in [-0.1, -0.05) is 18.2 Å². The minimum atomic E-state index is -4.39. The summed E-state index contributed by atoms with van der Waals surface area (Å²) in [5, 5.41) is 2.93. The van der Waals surface area contributed by atoms with Crippen LogP contribution in [-0.4, -0.2) is 17.3 Å². The summed E-state index contributed by atoms with van der Waals surface area (Å²) >= 11 is 1.57. The summed E-state index contributed by atoms with van der Waals surface area (Å²) in [7, 11) is 0. The molecule has 1 aliphatic rings. The molecule has 0 atom stereocenters. The van der Waals surface area contributed by atoms with Crippen molar-refractivity contribution in [2.45, 2.75) is 26.2 Å². The monoisotopic (exact) mass is 472 g/mol. The van der Waals surface area contributed by atoms with Crippen LogP contribution in [0.2, 0.25) is 0 Å². The second-order valence-corrected chi connectivity index (χ2v) is 9.08. The number of aryl methyl sites for hydroxylation is 1. The second kappa shape index (κ2) is 8.15. The molecule has 170 valence electrons. The quantitative estimate of drug-likeness (QED) is 0.403. The van der Waals surface area contributed by atoms with Crippen molar-refractivity contribution in [3.63, 3.8) is 0 Å². The van der Waals surface area contributed by atoms with Gasteiger partial charge in [-0.3, -0.25) is 4.79 Å². The highest BCUT2D eigenvalue weighted by molar-refractivity contribution is 7.19. The van der Waals surface area contributed by atoms with Gasteiger partial charge in [-0.05, 0) is 54.4 Å². The zero-order chi connectivity index (χ0) is 23.2. The Labute approximate surface area is 191 Å². The van der Waals surface area contributed by atoms with E-state index in [9.17, 15) is 18.0 Å². The molecule has 0 unspecified atom stereocenters. The predicted octanol–water partition coefficient (Wildman–Crippen LogP) is 5.74. The Morgan fingerprint density at radius 1 is 1.03 bits per heavy atom. The van der Waals surface area contributed by atoms with Crippen molar-refractivity contribution in [1.29, 1.82) is 0 Å². The van der Waals surface area contributed by atoms with Gasteiger partial charge in [0.05, 0.1) is 15.8 Å². The van der Waals surface area contributed by atoms with Gasteiger partial charge >= 0.3 is 6.18 Å². The molecule has 4 aromatic rings. The minimum absolute atomic E-state index is 0.179. The molecular formula is C24H19F3N2O3S. The highest BCUT2D eigenvalue weighted by Crippen LogP contribution is 2.33. The summed E-state index contributed by atoms with van der Waals surface area (Å²) in [6, 6.07) is 14.3. The summed E-state index contributed by atoms with van der Waals surface area (Å²) in [4.78, 5) is 14.2. The Morgan fingerprint density at radius 2 is 1.76 bits per heavy atom. The lowest BCUT2D eigenvalue weighted by Gasteiger charge is -2.12. The molecule has 3 heterocycles. The van der Waals surface area contributed by atoms with Gasteiger partial charge in [0.25, 0.3) is 5.91 Å². The summed E-state index contributed by atoms with van der Waals surface area (Å²) in [6.07, 6.45) is -4.39. The zero-order valence-corrected chi connectivity index (χ0v) is 18.3. The van der Waals surface area contributed by atoms with Crippen molar-refractivity contribution in [2.24, 2.45) is 0 Å². The third-order valence-electron chi connectivity index (χ3n) is 5.46. The van der Waals surface area contributed by atoms with E-state index in [1.807, 2.05) is 35.8 Å². The van der Waals surface area contributed by atoms with Crippen LogP contribution in [-0.2, 0) is 19.3 Å². The van der Waals surface area contributed by atoms with E-state index in [-0.39, 0.29) is 19.2 Å². The van der Waals surface area contributed by atoms with E-state index >= 15 is 0 Å². The molecule has 0 saturated heterocycles. The average molecular weight is 472 g/mol. The highest BCUT2D eigenvalue weighted by Gasteiger charge is 2.30. The molecule has 2 aromatic carbocycles. The molecule has 5 nitrogen and oxygen atoms in total. The molecule has 1 aliphatic heterocycles. The fraction of sp³-hybridized carbons (Fsp3) is 0.208. The lowest BCUT2D eigenvalue weighted by atomic mass is 10.1. The molecule has 0 saturated carbocycles. The van der Waals surface area contributed by atoms with Gasteiger partial charge in [0.1, 0.15) is 5.69 Å².